The highest BCUT2D eigenvalue weighted by atomic mass is 16.5. The Balaban J connectivity index is 1.64. The van der Waals surface area contributed by atoms with Crippen molar-refractivity contribution >= 4 is 17.7 Å². The van der Waals surface area contributed by atoms with E-state index in [0.29, 0.717) is 51.1 Å². The van der Waals surface area contributed by atoms with Gasteiger partial charge in [-0.1, -0.05) is 48.5 Å². The van der Waals surface area contributed by atoms with E-state index >= 15 is 0 Å². The van der Waals surface area contributed by atoms with Gasteiger partial charge in [0.05, 0.1) is 13.0 Å². The molecule has 0 saturated carbocycles. The predicted octanol–water partition coefficient (Wildman–Crippen LogP) is 2.34. The SMILES string of the molecule is COCCNC(=O)C(NC(=O)c1ccccc1C)C1CCN(C(=O)Cc2ccccc2)CC1. The van der Waals surface area contributed by atoms with Crippen LogP contribution in [-0.2, 0) is 20.7 Å². The van der Waals surface area contributed by atoms with Crippen LogP contribution in [0.4, 0.5) is 0 Å². The molecule has 2 N–H and O–H groups in total. The molecule has 7 heteroatoms. The molecular formula is C26H33N3O4. The van der Waals surface area contributed by atoms with E-state index in [9.17, 15) is 14.4 Å². The van der Waals surface area contributed by atoms with E-state index in [0.717, 1.165) is 11.1 Å². The molecule has 3 amide bonds. The number of nitrogens with zero attached hydrogens (tertiary/aromatic N) is 1. The number of amides is 3. The standard InChI is InChI=1S/C26H33N3O4/c1-19-8-6-7-11-22(19)25(31)28-24(26(32)27-14-17-33-2)21-12-15-29(16-13-21)23(30)18-20-9-4-3-5-10-20/h3-11,21,24H,12-18H2,1-2H3,(H,27,32)(H,28,31). The first-order chi connectivity index (χ1) is 16.0. The molecule has 0 radical (unpaired) electrons. The highest BCUT2D eigenvalue weighted by Crippen LogP contribution is 2.22. The number of carbonyl (C=O) groups excluding carboxylic acids is 3. The van der Waals surface area contributed by atoms with Gasteiger partial charge in [0.15, 0.2) is 0 Å². The Morgan fingerprint density at radius 2 is 1.70 bits per heavy atom. The zero-order chi connectivity index (χ0) is 23.6. The van der Waals surface area contributed by atoms with Crippen LogP contribution in [0, 0.1) is 12.8 Å². The highest BCUT2D eigenvalue weighted by molar-refractivity contribution is 5.98. The second kappa shape index (κ2) is 12.2. The number of aryl methyl sites for hydroxylation is 1. The van der Waals surface area contributed by atoms with Crippen molar-refractivity contribution in [1.29, 1.82) is 0 Å². The van der Waals surface area contributed by atoms with Crippen molar-refractivity contribution in [3.63, 3.8) is 0 Å². The molecule has 33 heavy (non-hydrogen) atoms. The molecule has 2 aromatic rings. The minimum absolute atomic E-state index is 0.0544. The molecule has 1 heterocycles. The van der Waals surface area contributed by atoms with Crippen molar-refractivity contribution < 1.29 is 19.1 Å². The van der Waals surface area contributed by atoms with Gasteiger partial charge in [0.1, 0.15) is 6.04 Å². The Hall–Kier alpha value is -3.19. The second-order valence-corrected chi connectivity index (χ2v) is 8.43. The van der Waals surface area contributed by atoms with Crippen LogP contribution in [0.3, 0.4) is 0 Å². The molecule has 3 rings (SSSR count). The summed E-state index contributed by atoms with van der Waals surface area (Å²) < 4.78 is 5.03. The van der Waals surface area contributed by atoms with Gasteiger partial charge >= 0.3 is 0 Å². The molecule has 2 aromatic carbocycles. The summed E-state index contributed by atoms with van der Waals surface area (Å²) >= 11 is 0. The zero-order valence-corrected chi connectivity index (χ0v) is 19.4. The monoisotopic (exact) mass is 451 g/mol. The van der Waals surface area contributed by atoms with E-state index in [1.54, 1.807) is 13.2 Å². The fraction of sp³-hybridized carbons (Fsp3) is 0.423. The lowest BCUT2D eigenvalue weighted by atomic mass is 9.88. The Morgan fingerprint density at radius 3 is 2.36 bits per heavy atom. The van der Waals surface area contributed by atoms with Crippen LogP contribution in [0.15, 0.2) is 54.6 Å². The number of nitrogens with one attached hydrogen (secondary N) is 2. The third kappa shape index (κ3) is 6.89. The molecule has 1 aliphatic heterocycles. The Bertz CT molecular complexity index is 940. The molecule has 1 aliphatic rings. The number of carbonyl (C=O) groups is 3. The number of hydrogen-bond acceptors (Lipinski definition) is 4. The molecule has 176 valence electrons. The Morgan fingerprint density at radius 1 is 1.03 bits per heavy atom. The van der Waals surface area contributed by atoms with Gasteiger partial charge < -0.3 is 20.3 Å². The first-order valence-corrected chi connectivity index (χ1v) is 11.4. The topological polar surface area (TPSA) is 87.7 Å². The summed E-state index contributed by atoms with van der Waals surface area (Å²) in [6, 6.07) is 16.4. The van der Waals surface area contributed by atoms with Gasteiger partial charge in [-0.2, -0.15) is 0 Å². The zero-order valence-electron chi connectivity index (χ0n) is 19.4. The van der Waals surface area contributed by atoms with E-state index < -0.39 is 6.04 Å². The smallest absolute Gasteiger partial charge is 0.252 e. The summed E-state index contributed by atoms with van der Waals surface area (Å²) in [5, 5.41) is 5.82. The van der Waals surface area contributed by atoms with Crippen molar-refractivity contribution in [2.75, 3.05) is 33.4 Å². The van der Waals surface area contributed by atoms with Crippen molar-refractivity contribution in [3.05, 3.63) is 71.3 Å². The van der Waals surface area contributed by atoms with Gasteiger partial charge in [0.2, 0.25) is 11.8 Å². The summed E-state index contributed by atoms with van der Waals surface area (Å²) in [5.41, 5.74) is 2.41. The average molecular weight is 452 g/mol. The third-order valence-corrected chi connectivity index (χ3v) is 6.13. The van der Waals surface area contributed by atoms with Crippen LogP contribution in [0.25, 0.3) is 0 Å². The lowest BCUT2D eigenvalue weighted by Gasteiger charge is -2.36. The number of methoxy groups -OCH3 is 1. The number of rotatable bonds is 9. The lowest BCUT2D eigenvalue weighted by Crippen LogP contribution is -2.54. The number of piperidine rings is 1. The Labute approximate surface area is 195 Å². The molecule has 0 aromatic heterocycles. The molecule has 0 bridgehead atoms. The number of ether oxygens (including phenoxy) is 1. The third-order valence-electron chi connectivity index (χ3n) is 6.13. The molecule has 1 atom stereocenters. The lowest BCUT2D eigenvalue weighted by molar-refractivity contribution is -0.132. The molecule has 7 nitrogen and oxygen atoms in total. The molecule has 1 saturated heterocycles. The molecule has 0 spiro atoms. The second-order valence-electron chi connectivity index (χ2n) is 8.43. The van der Waals surface area contributed by atoms with Gasteiger partial charge in [0.25, 0.3) is 5.91 Å². The van der Waals surface area contributed by atoms with E-state index in [1.165, 1.54) is 0 Å². The van der Waals surface area contributed by atoms with Gasteiger partial charge in [-0.15, -0.1) is 0 Å². The van der Waals surface area contributed by atoms with Gasteiger partial charge in [-0.25, -0.2) is 0 Å². The summed E-state index contributed by atoms with van der Waals surface area (Å²) in [5.74, 6) is -0.448. The molecule has 1 unspecified atom stereocenters. The molecular weight excluding hydrogens is 418 g/mol. The van der Waals surface area contributed by atoms with E-state index in [-0.39, 0.29) is 23.6 Å². The maximum atomic E-state index is 13.0. The van der Waals surface area contributed by atoms with Crippen molar-refractivity contribution in [2.45, 2.75) is 32.2 Å². The maximum Gasteiger partial charge on any atom is 0.252 e. The maximum absolute atomic E-state index is 13.0. The van der Waals surface area contributed by atoms with E-state index in [2.05, 4.69) is 10.6 Å². The Kier molecular flexibility index (Phi) is 9.01. The fourth-order valence-electron chi connectivity index (χ4n) is 4.19. The summed E-state index contributed by atoms with van der Waals surface area (Å²) in [7, 11) is 1.58. The quantitative estimate of drug-likeness (QED) is 0.573. The van der Waals surface area contributed by atoms with E-state index in [1.807, 2.05) is 60.4 Å². The van der Waals surface area contributed by atoms with Gasteiger partial charge in [-0.3, -0.25) is 14.4 Å². The number of likely N-dealkylation sites (tertiary alicyclic amines) is 1. The normalized spacial score (nSPS) is 15.0. The summed E-state index contributed by atoms with van der Waals surface area (Å²) in [6.45, 7) is 3.79. The summed E-state index contributed by atoms with van der Waals surface area (Å²) in [4.78, 5) is 40.5. The van der Waals surface area contributed by atoms with E-state index in [4.69, 9.17) is 4.74 Å². The molecule has 1 fully saturated rings. The van der Waals surface area contributed by atoms with Crippen LogP contribution < -0.4 is 10.6 Å². The van der Waals surface area contributed by atoms with Crippen LogP contribution in [0.2, 0.25) is 0 Å². The number of hydrogen-bond donors (Lipinski definition) is 2. The largest absolute Gasteiger partial charge is 0.383 e. The highest BCUT2D eigenvalue weighted by Gasteiger charge is 2.34. The van der Waals surface area contributed by atoms with Gasteiger partial charge in [0, 0.05) is 32.3 Å². The van der Waals surface area contributed by atoms with Crippen molar-refractivity contribution in [2.24, 2.45) is 5.92 Å². The van der Waals surface area contributed by atoms with Crippen molar-refractivity contribution in [1.82, 2.24) is 15.5 Å². The average Bonchev–Trinajstić information content (AvgIpc) is 2.83. The van der Waals surface area contributed by atoms with Crippen LogP contribution in [0.5, 0.6) is 0 Å². The first kappa shape index (κ1) is 24.5. The minimum atomic E-state index is -0.666. The number of benzene rings is 2. The van der Waals surface area contributed by atoms with Gasteiger partial charge in [-0.05, 0) is 42.9 Å². The van der Waals surface area contributed by atoms with Crippen LogP contribution in [-0.4, -0.2) is 62.0 Å². The van der Waals surface area contributed by atoms with Crippen LogP contribution in [0.1, 0.15) is 34.3 Å². The first-order valence-electron chi connectivity index (χ1n) is 11.4. The molecule has 0 aliphatic carbocycles. The minimum Gasteiger partial charge on any atom is -0.383 e. The predicted molar refractivity (Wildman–Crippen MR) is 127 cm³/mol. The van der Waals surface area contributed by atoms with Crippen LogP contribution >= 0.6 is 0 Å². The fourth-order valence-corrected chi connectivity index (χ4v) is 4.19. The summed E-state index contributed by atoms with van der Waals surface area (Å²) in [6.07, 6.45) is 1.67. The van der Waals surface area contributed by atoms with Crippen molar-refractivity contribution in [3.8, 4) is 0 Å².